The summed E-state index contributed by atoms with van der Waals surface area (Å²) in [5.74, 6) is -0.716. The van der Waals surface area contributed by atoms with E-state index in [0.29, 0.717) is 16.7 Å². The van der Waals surface area contributed by atoms with Crippen molar-refractivity contribution in [1.82, 2.24) is 24.5 Å². The fourth-order valence-corrected chi connectivity index (χ4v) is 2.10. The van der Waals surface area contributed by atoms with E-state index in [1.54, 1.807) is 28.7 Å². The topological polar surface area (TPSA) is 106 Å². The molecule has 0 aliphatic carbocycles. The standard InChI is InChI=1S/C9H11N5O3S/c1-13-3-6(2-10-13)14-7(4-15)11-12-9(14)18-5-8(16)17/h2-3,15H,4-5H2,1H3,(H,16,17). The fourth-order valence-electron chi connectivity index (χ4n) is 1.41. The number of carbonyl (C=O) groups is 1. The third-order valence-corrected chi connectivity index (χ3v) is 3.03. The minimum Gasteiger partial charge on any atom is -0.481 e. The van der Waals surface area contributed by atoms with E-state index >= 15 is 0 Å². The van der Waals surface area contributed by atoms with Gasteiger partial charge in [0.2, 0.25) is 0 Å². The first-order valence-corrected chi connectivity index (χ1v) is 5.99. The molecule has 2 aromatic heterocycles. The van der Waals surface area contributed by atoms with Crippen molar-refractivity contribution >= 4 is 17.7 Å². The second-order valence-electron chi connectivity index (χ2n) is 3.45. The highest BCUT2D eigenvalue weighted by Gasteiger charge is 2.15. The van der Waals surface area contributed by atoms with E-state index in [2.05, 4.69) is 15.3 Å². The summed E-state index contributed by atoms with van der Waals surface area (Å²) in [4.78, 5) is 10.6. The van der Waals surface area contributed by atoms with Gasteiger partial charge in [-0.05, 0) is 0 Å². The van der Waals surface area contributed by atoms with Crippen molar-refractivity contribution in [2.24, 2.45) is 7.05 Å². The molecule has 18 heavy (non-hydrogen) atoms. The van der Waals surface area contributed by atoms with E-state index in [4.69, 9.17) is 5.11 Å². The summed E-state index contributed by atoms with van der Waals surface area (Å²) in [5, 5.41) is 30.0. The molecule has 0 bridgehead atoms. The number of thioether (sulfide) groups is 1. The summed E-state index contributed by atoms with van der Waals surface area (Å²) in [6.07, 6.45) is 3.32. The van der Waals surface area contributed by atoms with Crippen LogP contribution in [0.1, 0.15) is 5.82 Å². The first-order valence-electron chi connectivity index (χ1n) is 5.00. The molecule has 2 rings (SSSR count). The molecule has 0 spiro atoms. The summed E-state index contributed by atoms with van der Waals surface area (Å²) in [6, 6.07) is 0. The first kappa shape index (κ1) is 12.6. The van der Waals surface area contributed by atoms with Crippen LogP contribution < -0.4 is 0 Å². The number of aromatic nitrogens is 5. The first-order chi connectivity index (χ1) is 8.61. The normalized spacial score (nSPS) is 10.8. The molecule has 9 heteroatoms. The SMILES string of the molecule is Cn1cc(-n2c(CO)nnc2SCC(=O)O)cn1. The van der Waals surface area contributed by atoms with Gasteiger partial charge in [0.15, 0.2) is 11.0 Å². The number of aliphatic hydroxyl groups excluding tert-OH is 1. The molecule has 0 fully saturated rings. The van der Waals surface area contributed by atoms with Crippen LogP contribution in [-0.4, -0.2) is 46.5 Å². The highest BCUT2D eigenvalue weighted by Crippen LogP contribution is 2.21. The molecule has 8 nitrogen and oxygen atoms in total. The van der Waals surface area contributed by atoms with Gasteiger partial charge in [-0.2, -0.15) is 5.10 Å². The number of aliphatic carboxylic acids is 1. The molecule has 2 N–H and O–H groups in total. The smallest absolute Gasteiger partial charge is 0.313 e. The molecule has 96 valence electrons. The Bertz CT molecular complexity index is 564. The average molecular weight is 269 g/mol. The molecule has 0 atom stereocenters. The Hall–Kier alpha value is -1.87. The summed E-state index contributed by atoms with van der Waals surface area (Å²) < 4.78 is 3.18. The Morgan fingerprint density at radius 3 is 2.83 bits per heavy atom. The summed E-state index contributed by atoms with van der Waals surface area (Å²) >= 11 is 1.04. The van der Waals surface area contributed by atoms with E-state index in [0.717, 1.165) is 11.8 Å². The number of hydrogen-bond acceptors (Lipinski definition) is 6. The van der Waals surface area contributed by atoms with Crippen molar-refractivity contribution in [2.75, 3.05) is 5.75 Å². The van der Waals surface area contributed by atoms with Gasteiger partial charge in [0.25, 0.3) is 0 Å². The summed E-state index contributed by atoms with van der Waals surface area (Å²) in [7, 11) is 1.76. The van der Waals surface area contributed by atoms with E-state index in [1.807, 2.05) is 0 Å². The van der Waals surface area contributed by atoms with Gasteiger partial charge in [0.1, 0.15) is 6.61 Å². The van der Waals surface area contributed by atoms with Crippen LogP contribution in [0.25, 0.3) is 5.69 Å². The van der Waals surface area contributed by atoms with E-state index < -0.39 is 5.97 Å². The number of nitrogens with zero attached hydrogens (tertiary/aromatic N) is 5. The van der Waals surface area contributed by atoms with Crippen molar-refractivity contribution in [2.45, 2.75) is 11.8 Å². The minimum atomic E-state index is -0.939. The molecular formula is C9H11N5O3S. The molecule has 0 aliphatic rings. The van der Waals surface area contributed by atoms with E-state index in [-0.39, 0.29) is 12.4 Å². The van der Waals surface area contributed by atoms with Crippen LogP contribution in [0.4, 0.5) is 0 Å². The van der Waals surface area contributed by atoms with Crippen LogP contribution in [0.5, 0.6) is 0 Å². The number of aryl methyl sites for hydroxylation is 1. The Morgan fingerprint density at radius 1 is 1.50 bits per heavy atom. The van der Waals surface area contributed by atoms with Gasteiger partial charge in [0.05, 0.1) is 17.6 Å². The number of carboxylic acid groups (broad SMARTS) is 1. The molecule has 0 saturated heterocycles. The monoisotopic (exact) mass is 269 g/mol. The predicted molar refractivity (Wildman–Crippen MR) is 62.4 cm³/mol. The average Bonchev–Trinajstić information content (AvgIpc) is 2.91. The number of carboxylic acids is 1. The van der Waals surface area contributed by atoms with Gasteiger partial charge >= 0.3 is 5.97 Å². The van der Waals surface area contributed by atoms with Crippen molar-refractivity contribution in [3.63, 3.8) is 0 Å². The number of aliphatic hydroxyl groups is 1. The zero-order valence-electron chi connectivity index (χ0n) is 9.52. The van der Waals surface area contributed by atoms with Gasteiger partial charge < -0.3 is 10.2 Å². The maximum Gasteiger partial charge on any atom is 0.313 e. The largest absolute Gasteiger partial charge is 0.481 e. The van der Waals surface area contributed by atoms with Crippen LogP contribution >= 0.6 is 11.8 Å². The second kappa shape index (κ2) is 5.19. The van der Waals surface area contributed by atoms with E-state index in [9.17, 15) is 9.90 Å². The third kappa shape index (κ3) is 2.51. The van der Waals surface area contributed by atoms with Crippen LogP contribution in [0.3, 0.4) is 0 Å². The van der Waals surface area contributed by atoms with Crippen molar-refractivity contribution < 1.29 is 15.0 Å². The second-order valence-corrected chi connectivity index (χ2v) is 4.39. The molecule has 0 saturated carbocycles. The third-order valence-electron chi connectivity index (χ3n) is 2.12. The zero-order valence-corrected chi connectivity index (χ0v) is 10.3. The van der Waals surface area contributed by atoms with Crippen molar-refractivity contribution in [1.29, 1.82) is 0 Å². The Kier molecular flexibility index (Phi) is 3.63. The lowest BCUT2D eigenvalue weighted by Crippen LogP contribution is -2.04. The molecular weight excluding hydrogens is 258 g/mol. The lowest BCUT2D eigenvalue weighted by molar-refractivity contribution is -0.133. The summed E-state index contributed by atoms with van der Waals surface area (Å²) in [5.41, 5.74) is 0.680. The van der Waals surface area contributed by atoms with Gasteiger partial charge in [0, 0.05) is 13.2 Å². The van der Waals surface area contributed by atoms with Crippen molar-refractivity contribution in [3.8, 4) is 5.69 Å². The highest BCUT2D eigenvalue weighted by molar-refractivity contribution is 7.99. The van der Waals surface area contributed by atoms with Gasteiger partial charge in [-0.15, -0.1) is 10.2 Å². The Balaban J connectivity index is 2.36. The molecule has 0 amide bonds. The molecule has 0 aromatic carbocycles. The maximum atomic E-state index is 10.6. The van der Waals surface area contributed by atoms with Gasteiger partial charge in [-0.25, -0.2) is 0 Å². The zero-order chi connectivity index (χ0) is 13.1. The predicted octanol–water partition coefficient (Wildman–Crippen LogP) is -0.330. The van der Waals surface area contributed by atoms with Crippen LogP contribution in [0, 0.1) is 0 Å². The molecule has 0 radical (unpaired) electrons. The van der Waals surface area contributed by atoms with Crippen LogP contribution in [-0.2, 0) is 18.4 Å². The van der Waals surface area contributed by atoms with Gasteiger partial charge in [-0.3, -0.25) is 14.0 Å². The molecule has 0 aliphatic heterocycles. The minimum absolute atomic E-state index is 0.121. The molecule has 2 aromatic rings. The van der Waals surface area contributed by atoms with Gasteiger partial charge in [-0.1, -0.05) is 11.8 Å². The Labute approximate surface area is 106 Å². The maximum absolute atomic E-state index is 10.6. The fraction of sp³-hybridized carbons (Fsp3) is 0.333. The van der Waals surface area contributed by atoms with Crippen LogP contribution in [0.2, 0.25) is 0 Å². The number of rotatable bonds is 5. The quantitative estimate of drug-likeness (QED) is 0.716. The lowest BCUT2D eigenvalue weighted by atomic mass is 10.5. The molecule has 0 unspecified atom stereocenters. The summed E-state index contributed by atoms with van der Waals surface area (Å²) in [6.45, 7) is -0.282. The van der Waals surface area contributed by atoms with E-state index in [1.165, 1.54) is 0 Å². The van der Waals surface area contributed by atoms with Crippen molar-refractivity contribution in [3.05, 3.63) is 18.2 Å². The van der Waals surface area contributed by atoms with Crippen LogP contribution in [0.15, 0.2) is 17.6 Å². The Morgan fingerprint density at radius 2 is 2.28 bits per heavy atom. The highest BCUT2D eigenvalue weighted by atomic mass is 32.2. The number of hydrogen-bond donors (Lipinski definition) is 2. The molecule has 2 heterocycles. The lowest BCUT2D eigenvalue weighted by Gasteiger charge is -2.04.